The Labute approximate surface area is 147 Å². The molecule has 1 atom stereocenters. The standard InChI is InChI=1S/C15H21BrN2O.2ClH/c1-3-4-13(18-9-7-17-8-10-18)14-12(16)6-5-11(2)15(14)19;;/h3,5-6,13,17,19H,1,4,7-10H2,2H3;2*1H/t13-;;/m0../s1. The highest BCUT2D eigenvalue weighted by atomic mass is 79.9. The van der Waals surface area contributed by atoms with E-state index in [1.165, 1.54) is 0 Å². The van der Waals surface area contributed by atoms with Crippen LogP contribution in [0.1, 0.15) is 23.6 Å². The fraction of sp³-hybridized carbons (Fsp3) is 0.467. The highest BCUT2D eigenvalue weighted by Gasteiger charge is 2.25. The minimum absolute atomic E-state index is 0. The van der Waals surface area contributed by atoms with Crippen molar-refractivity contribution in [2.45, 2.75) is 19.4 Å². The number of halogens is 3. The maximum Gasteiger partial charge on any atom is 0.124 e. The molecular formula is C15H23BrCl2N2O. The van der Waals surface area contributed by atoms with Crippen LogP contribution in [0.5, 0.6) is 5.75 Å². The molecule has 0 aromatic heterocycles. The molecule has 0 amide bonds. The summed E-state index contributed by atoms with van der Waals surface area (Å²) in [6.45, 7) is 9.79. The molecule has 0 radical (unpaired) electrons. The Bertz CT molecular complexity index is 465. The van der Waals surface area contributed by atoms with Crippen LogP contribution < -0.4 is 5.32 Å². The van der Waals surface area contributed by atoms with E-state index in [4.69, 9.17) is 0 Å². The van der Waals surface area contributed by atoms with E-state index in [1.54, 1.807) is 0 Å². The van der Waals surface area contributed by atoms with Gasteiger partial charge in [0, 0.05) is 42.3 Å². The molecular weight excluding hydrogens is 375 g/mol. The molecule has 1 aromatic rings. The van der Waals surface area contributed by atoms with Gasteiger partial charge < -0.3 is 10.4 Å². The average molecular weight is 398 g/mol. The number of nitrogens with one attached hydrogen (secondary N) is 1. The highest BCUT2D eigenvalue weighted by molar-refractivity contribution is 9.10. The summed E-state index contributed by atoms with van der Waals surface area (Å²) in [4.78, 5) is 2.41. The van der Waals surface area contributed by atoms with Gasteiger partial charge >= 0.3 is 0 Å². The molecule has 1 fully saturated rings. The van der Waals surface area contributed by atoms with Gasteiger partial charge in [-0.2, -0.15) is 0 Å². The first-order valence-electron chi connectivity index (χ1n) is 6.68. The maximum atomic E-state index is 10.4. The number of benzene rings is 1. The summed E-state index contributed by atoms with van der Waals surface area (Å²) in [6, 6.07) is 4.14. The number of hydrogen-bond acceptors (Lipinski definition) is 3. The van der Waals surface area contributed by atoms with Crippen molar-refractivity contribution in [2.75, 3.05) is 26.2 Å². The molecule has 1 aliphatic rings. The van der Waals surface area contributed by atoms with E-state index in [2.05, 4.69) is 32.7 Å². The van der Waals surface area contributed by atoms with Crippen LogP contribution in [0.15, 0.2) is 29.3 Å². The van der Waals surface area contributed by atoms with Gasteiger partial charge in [-0.1, -0.05) is 28.1 Å². The smallest absolute Gasteiger partial charge is 0.124 e. The first-order chi connectivity index (χ1) is 9.15. The van der Waals surface area contributed by atoms with Crippen LogP contribution >= 0.6 is 40.7 Å². The second-order valence-corrected chi connectivity index (χ2v) is 5.81. The molecule has 3 nitrogen and oxygen atoms in total. The van der Waals surface area contributed by atoms with Crippen molar-refractivity contribution in [1.29, 1.82) is 0 Å². The molecule has 0 bridgehead atoms. The maximum absolute atomic E-state index is 10.4. The second-order valence-electron chi connectivity index (χ2n) is 4.95. The lowest BCUT2D eigenvalue weighted by atomic mass is 9.98. The summed E-state index contributed by atoms with van der Waals surface area (Å²) in [6.07, 6.45) is 2.77. The second kappa shape index (κ2) is 9.70. The summed E-state index contributed by atoms with van der Waals surface area (Å²) in [7, 11) is 0. The van der Waals surface area contributed by atoms with Gasteiger partial charge in [-0.05, 0) is 25.0 Å². The lowest BCUT2D eigenvalue weighted by molar-refractivity contribution is 0.171. The molecule has 21 heavy (non-hydrogen) atoms. The first kappa shape index (κ1) is 20.7. The third kappa shape index (κ3) is 4.86. The number of phenols is 1. The molecule has 120 valence electrons. The Morgan fingerprint density at radius 2 is 2.00 bits per heavy atom. The molecule has 0 spiro atoms. The van der Waals surface area contributed by atoms with Gasteiger partial charge in [0.05, 0.1) is 0 Å². The van der Waals surface area contributed by atoms with Gasteiger partial charge in [-0.15, -0.1) is 31.4 Å². The minimum atomic E-state index is 0. The van der Waals surface area contributed by atoms with E-state index >= 15 is 0 Å². The molecule has 1 aromatic carbocycles. The van der Waals surface area contributed by atoms with E-state index in [0.29, 0.717) is 5.75 Å². The summed E-state index contributed by atoms with van der Waals surface area (Å²) in [5, 5.41) is 13.8. The number of phenolic OH excluding ortho intramolecular Hbond substituents is 1. The van der Waals surface area contributed by atoms with E-state index in [0.717, 1.165) is 48.2 Å². The third-order valence-electron chi connectivity index (χ3n) is 3.68. The normalized spacial score (nSPS) is 16.5. The molecule has 0 saturated carbocycles. The van der Waals surface area contributed by atoms with E-state index < -0.39 is 0 Å². The molecule has 2 rings (SSSR count). The van der Waals surface area contributed by atoms with Crippen molar-refractivity contribution >= 4 is 40.7 Å². The van der Waals surface area contributed by atoms with E-state index in [1.807, 2.05) is 25.1 Å². The number of hydrogen-bond donors (Lipinski definition) is 2. The number of aromatic hydroxyl groups is 1. The molecule has 1 aliphatic heterocycles. The lowest BCUT2D eigenvalue weighted by Crippen LogP contribution is -2.45. The first-order valence-corrected chi connectivity index (χ1v) is 7.48. The predicted molar refractivity (Wildman–Crippen MR) is 97.0 cm³/mol. The van der Waals surface area contributed by atoms with Crippen LogP contribution in [-0.4, -0.2) is 36.2 Å². The number of aryl methyl sites for hydroxylation is 1. The van der Waals surface area contributed by atoms with Crippen molar-refractivity contribution in [3.8, 4) is 5.75 Å². The zero-order chi connectivity index (χ0) is 13.8. The van der Waals surface area contributed by atoms with Crippen LogP contribution in [0, 0.1) is 6.92 Å². The SMILES string of the molecule is C=CC[C@@H](c1c(Br)ccc(C)c1O)N1CCNCC1.Cl.Cl. The van der Waals surface area contributed by atoms with Gasteiger partial charge in [0.2, 0.25) is 0 Å². The molecule has 1 saturated heterocycles. The predicted octanol–water partition coefficient (Wildman–Crippen LogP) is 3.83. The van der Waals surface area contributed by atoms with Crippen molar-refractivity contribution < 1.29 is 5.11 Å². The Kier molecular flexibility index (Phi) is 9.58. The van der Waals surface area contributed by atoms with Gasteiger partial charge in [0.25, 0.3) is 0 Å². The topological polar surface area (TPSA) is 35.5 Å². The van der Waals surface area contributed by atoms with Crippen LogP contribution in [0.2, 0.25) is 0 Å². The van der Waals surface area contributed by atoms with Gasteiger partial charge in [-0.25, -0.2) is 0 Å². The van der Waals surface area contributed by atoms with Crippen molar-refractivity contribution in [3.63, 3.8) is 0 Å². The van der Waals surface area contributed by atoms with Gasteiger partial charge in [0.1, 0.15) is 5.75 Å². The summed E-state index contributed by atoms with van der Waals surface area (Å²) < 4.78 is 0.973. The average Bonchev–Trinajstić information content (AvgIpc) is 2.43. The van der Waals surface area contributed by atoms with E-state index in [9.17, 15) is 5.11 Å². The van der Waals surface area contributed by atoms with Gasteiger partial charge in [-0.3, -0.25) is 4.90 Å². The summed E-state index contributed by atoms with van der Waals surface area (Å²) >= 11 is 3.58. The molecule has 0 aliphatic carbocycles. The quantitative estimate of drug-likeness (QED) is 0.757. The number of rotatable bonds is 4. The molecule has 1 heterocycles. The molecule has 6 heteroatoms. The lowest BCUT2D eigenvalue weighted by Gasteiger charge is -2.35. The number of nitrogens with zero attached hydrogens (tertiary/aromatic N) is 1. The zero-order valence-electron chi connectivity index (χ0n) is 12.1. The van der Waals surface area contributed by atoms with Crippen molar-refractivity contribution in [1.82, 2.24) is 10.2 Å². The summed E-state index contributed by atoms with van der Waals surface area (Å²) in [5.74, 6) is 0.403. The van der Waals surface area contributed by atoms with Crippen LogP contribution in [-0.2, 0) is 0 Å². The third-order valence-corrected chi connectivity index (χ3v) is 4.37. The number of piperazine rings is 1. The Hall–Kier alpha value is -0.260. The summed E-state index contributed by atoms with van der Waals surface area (Å²) in [5.41, 5.74) is 1.91. The molecule has 2 N–H and O–H groups in total. The Morgan fingerprint density at radius 3 is 2.57 bits per heavy atom. The largest absolute Gasteiger partial charge is 0.507 e. The van der Waals surface area contributed by atoms with Crippen LogP contribution in [0.3, 0.4) is 0 Å². The molecule has 0 unspecified atom stereocenters. The van der Waals surface area contributed by atoms with Crippen molar-refractivity contribution in [3.05, 3.63) is 40.4 Å². The highest BCUT2D eigenvalue weighted by Crippen LogP contribution is 2.39. The zero-order valence-corrected chi connectivity index (χ0v) is 15.4. The Morgan fingerprint density at radius 1 is 1.38 bits per heavy atom. The minimum Gasteiger partial charge on any atom is -0.507 e. The van der Waals surface area contributed by atoms with Crippen LogP contribution in [0.4, 0.5) is 0 Å². The monoisotopic (exact) mass is 396 g/mol. The van der Waals surface area contributed by atoms with Crippen LogP contribution in [0.25, 0.3) is 0 Å². The van der Waals surface area contributed by atoms with E-state index in [-0.39, 0.29) is 30.9 Å². The van der Waals surface area contributed by atoms with Gasteiger partial charge in [0.15, 0.2) is 0 Å². The Balaban J connectivity index is 0.00000200. The van der Waals surface area contributed by atoms with Crippen molar-refractivity contribution in [2.24, 2.45) is 0 Å². The fourth-order valence-electron chi connectivity index (χ4n) is 2.61. The fourth-order valence-corrected chi connectivity index (χ4v) is 3.19.